The Balaban J connectivity index is 2.17. The first-order valence-corrected chi connectivity index (χ1v) is 6.56. The van der Waals surface area contributed by atoms with Crippen molar-refractivity contribution in [2.45, 2.75) is 39.5 Å². The van der Waals surface area contributed by atoms with Crippen LogP contribution in [0.3, 0.4) is 0 Å². The Morgan fingerprint density at radius 2 is 2.11 bits per heavy atom. The molecule has 0 spiro atoms. The summed E-state index contributed by atoms with van der Waals surface area (Å²) < 4.78 is 7.28. The van der Waals surface area contributed by atoms with Crippen molar-refractivity contribution in [1.29, 1.82) is 0 Å². The first kappa shape index (κ1) is 13.4. The molecule has 1 aromatic heterocycles. The summed E-state index contributed by atoms with van der Waals surface area (Å²) in [6.07, 6.45) is 1.77. The summed E-state index contributed by atoms with van der Waals surface area (Å²) in [6.45, 7) is 7.74. The van der Waals surface area contributed by atoms with E-state index < -0.39 is 0 Å². The highest BCUT2D eigenvalue weighted by Gasteiger charge is 2.29. The Morgan fingerprint density at radius 1 is 1.50 bits per heavy atom. The number of amides is 1. The molecule has 2 unspecified atom stereocenters. The second-order valence-electron chi connectivity index (χ2n) is 4.65. The third kappa shape index (κ3) is 2.67. The Hall–Kier alpha value is -1.07. The Labute approximate surface area is 112 Å². The molecule has 1 saturated heterocycles. The van der Waals surface area contributed by atoms with Gasteiger partial charge < -0.3 is 9.64 Å². The molecule has 0 N–H and O–H groups in total. The van der Waals surface area contributed by atoms with Crippen molar-refractivity contribution < 1.29 is 9.53 Å². The fraction of sp³-hybridized carbons (Fsp3) is 0.667. The number of ether oxygens (including phenoxy) is 1. The van der Waals surface area contributed by atoms with Crippen LogP contribution in [0.4, 0.5) is 0 Å². The topological polar surface area (TPSA) is 47.4 Å². The number of nitrogens with zero attached hydrogens (tertiary/aromatic N) is 3. The van der Waals surface area contributed by atoms with Crippen molar-refractivity contribution in [1.82, 2.24) is 14.7 Å². The maximum Gasteiger partial charge on any atom is 0.276 e. The molecule has 5 nitrogen and oxygen atoms in total. The minimum absolute atomic E-state index is 0.0461. The lowest BCUT2D eigenvalue weighted by Crippen LogP contribution is -2.48. The van der Waals surface area contributed by atoms with Crippen LogP contribution in [0.5, 0.6) is 0 Å². The van der Waals surface area contributed by atoms with Gasteiger partial charge in [0.25, 0.3) is 5.91 Å². The van der Waals surface area contributed by atoms with E-state index in [1.54, 1.807) is 15.8 Å². The van der Waals surface area contributed by atoms with E-state index in [2.05, 4.69) is 5.10 Å². The van der Waals surface area contributed by atoms with Crippen LogP contribution in [-0.2, 0) is 11.3 Å². The molecule has 100 valence electrons. The lowest BCUT2D eigenvalue weighted by Gasteiger charge is -2.34. The molecule has 1 aromatic rings. The zero-order valence-electron chi connectivity index (χ0n) is 10.9. The zero-order chi connectivity index (χ0) is 13.3. The van der Waals surface area contributed by atoms with E-state index in [0.717, 1.165) is 0 Å². The fourth-order valence-electron chi connectivity index (χ4n) is 2.20. The summed E-state index contributed by atoms with van der Waals surface area (Å²) in [5.74, 6) is -0.116. The van der Waals surface area contributed by atoms with Gasteiger partial charge in [0, 0.05) is 25.8 Å². The van der Waals surface area contributed by atoms with Gasteiger partial charge in [-0.3, -0.25) is 9.48 Å². The number of halogens is 1. The SMILES string of the molecule is CCn1cc(Cl)c(C(=O)N2CC(C)OC(C)C2)n1. The van der Waals surface area contributed by atoms with Gasteiger partial charge in [-0.2, -0.15) is 5.10 Å². The number of carbonyl (C=O) groups is 1. The lowest BCUT2D eigenvalue weighted by molar-refractivity contribution is -0.0587. The van der Waals surface area contributed by atoms with Gasteiger partial charge in [0.1, 0.15) is 0 Å². The molecule has 6 heteroatoms. The summed E-state index contributed by atoms with van der Waals surface area (Å²) >= 11 is 6.05. The average Bonchev–Trinajstić information content (AvgIpc) is 2.68. The molecular formula is C12H18ClN3O2. The molecule has 1 aliphatic rings. The van der Waals surface area contributed by atoms with Crippen LogP contribution >= 0.6 is 11.6 Å². The van der Waals surface area contributed by atoms with E-state index in [1.165, 1.54) is 0 Å². The van der Waals surface area contributed by atoms with Crippen molar-refractivity contribution >= 4 is 17.5 Å². The van der Waals surface area contributed by atoms with Crippen LogP contribution in [-0.4, -0.2) is 45.9 Å². The highest BCUT2D eigenvalue weighted by Crippen LogP contribution is 2.19. The number of hydrogen-bond donors (Lipinski definition) is 0. The van der Waals surface area contributed by atoms with Gasteiger partial charge in [-0.1, -0.05) is 11.6 Å². The minimum Gasteiger partial charge on any atom is -0.372 e. The predicted molar refractivity (Wildman–Crippen MR) is 68.8 cm³/mol. The predicted octanol–water partition coefficient (Wildman–Crippen LogP) is 1.81. The molecule has 0 saturated carbocycles. The summed E-state index contributed by atoms with van der Waals surface area (Å²) in [5, 5.41) is 4.62. The van der Waals surface area contributed by atoms with E-state index in [-0.39, 0.29) is 18.1 Å². The van der Waals surface area contributed by atoms with Crippen molar-refractivity contribution in [3.05, 3.63) is 16.9 Å². The van der Waals surface area contributed by atoms with E-state index in [4.69, 9.17) is 16.3 Å². The summed E-state index contributed by atoms with van der Waals surface area (Å²) in [4.78, 5) is 14.1. The van der Waals surface area contributed by atoms with Crippen molar-refractivity contribution in [2.75, 3.05) is 13.1 Å². The van der Waals surface area contributed by atoms with E-state index in [9.17, 15) is 4.79 Å². The van der Waals surface area contributed by atoms with E-state index in [0.29, 0.717) is 30.4 Å². The maximum absolute atomic E-state index is 12.4. The first-order valence-electron chi connectivity index (χ1n) is 6.19. The Bertz CT molecular complexity index is 437. The average molecular weight is 272 g/mol. The standard InChI is InChI=1S/C12H18ClN3O2/c1-4-16-7-10(13)11(14-16)12(17)15-5-8(2)18-9(3)6-15/h7-9H,4-6H2,1-3H3. The van der Waals surface area contributed by atoms with Crippen LogP contribution < -0.4 is 0 Å². The van der Waals surface area contributed by atoms with Crippen molar-refractivity contribution in [3.8, 4) is 0 Å². The molecular weight excluding hydrogens is 254 g/mol. The smallest absolute Gasteiger partial charge is 0.276 e. The maximum atomic E-state index is 12.4. The van der Waals surface area contributed by atoms with Crippen molar-refractivity contribution in [2.24, 2.45) is 0 Å². The van der Waals surface area contributed by atoms with Gasteiger partial charge in [-0.15, -0.1) is 0 Å². The summed E-state index contributed by atoms with van der Waals surface area (Å²) in [7, 11) is 0. The molecule has 18 heavy (non-hydrogen) atoms. The number of hydrogen-bond acceptors (Lipinski definition) is 3. The number of aromatic nitrogens is 2. The quantitative estimate of drug-likeness (QED) is 0.824. The van der Waals surface area contributed by atoms with E-state index in [1.807, 2.05) is 20.8 Å². The molecule has 1 aliphatic heterocycles. The third-order valence-corrected chi connectivity index (χ3v) is 3.23. The van der Waals surface area contributed by atoms with Crippen LogP contribution in [0.15, 0.2) is 6.20 Å². The fourth-order valence-corrected chi connectivity index (χ4v) is 2.43. The van der Waals surface area contributed by atoms with Crippen LogP contribution in [0.25, 0.3) is 0 Å². The molecule has 0 aliphatic carbocycles. The molecule has 1 amide bonds. The van der Waals surface area contributed by atoms with Crippen molar-refractivity contribution in [3.63, 3.8) is 0 Å². The van der Waals surface area contributed by atoms with Gasteiger partial charge in [0.2, 0.25) is 0 Å². The van der Waals surface area contributed by atoms with Crippen LogP contribution in [0.1, 0.15) is 31.3 Å². The molecule has 0 radical (unpaired) electrons. The van der Waals surface area contributed by atoms with E-state index >= 15 is 0 Å². The Kier molecular flexibility index (Phi) is 3.92. The molecule has 0 aromatic carbocycles. The number of aryl methyl sites for hydroxylation is 1. The largest absolute Gasteiger partial charge is 0.372 e. The highest BCUT2D eigenvalue weighted by atomic mass is 35.5. The van der Waals surface area contributed by atoms with Crippen LogP contribution in [0.2, 0.25) is 5.02 Å². The number of carbonyl (C=O) groups excluding carboxylic acids is 1. The Morgan fingerprint density at radius 3 is 2.61 bits per heavy atom. The third-order valence-electron chi connectivity index (χ3n) is 2.95. The summed E-state index contributed by atoms with van der Waals surface area (Å²) in [6, 6.07) is 0. The van der Waals surface area contributed by atoms with Gasteiger partial charge in [-0.25, -0.2) is 0 Å². The number of morpholine rings is 1. The normalized spacial score (nSPS) is 24.3. The lowest BCUT2D eigenvalue weighted by atomic mass is 10.2. The van der Waals surface area contributed by atoms with Crippen LogP contribution in [0, 0.1) is 0 Å². The number of rotatable bonds is 2. The summed E-state index contributed by atoms with van der Waals surface area (Å²) in [5.41, 5.74) is 0.333. The molecule has 2 heterocycles. The molecule has 2 rings (SSSR count). The first-order chi connectivity index (χ1) is 8.51. The van der Waals surface area contributed by atoms with Gasteiger partial charge >= 0.3 is 0 Å². The van der Waals surface area contributed by atoms with Gasteiger partial charge in [-0.05, 0) is 20.8 Å². The zero-order valence-corrected chi connectivity index (χ0v) is 11.6. The minimum atomic E-state index is -0.116. The second-order valence-corrected chi connectivity index (χ2v) is 5.06. The highest BCUT2D eigenvalue weighted by molar-refractivity contribution is 6.33. The molecule has 2 atom stereocenters. The molecule has 0 bridgehead atoms. The van der Waals surface area contributed by atoms with Gasteiger partial charge in [0.05, 0.1) is 17.2 Å². The molecule has 1 fully saturated rings. The monoisotopic (exact) mass is 271 g/mol. The second kappa shape index (κ2) is 5.28. The van der Waals surface area contributed by atoms with Gasteiger partial charge in [0.15, 0.2) is 5.69 Å².